The van der Waals surface area contributed by atoms with Crippen LogP contribution in [0, 0.1) is 12.7 Å². The maximum Gasteiger partial charge on any atom is 0.191 e. The van der Waals surface area contributed by atoms with Crippen LogP contribution in [-0.4, -0.2) is 56.3 Å². The fourth-order valence-corrected chi connectivity index (χ4v) is 3.28. The summed E-state index contributed by atoms with van der Waals surface area (Å²) in [4.78, 5) is 7.06. The van der Waals surface area contributed by atoms with E-state index in [-0.39, 0.29) is 5.82 Å². The minimum absolute atomic E-state index is 0.256. The van der Waals surface area contributed by atoms with Crippen LogP contribution in [0.1, 0.15) is 25.2 Å². The van der Waals surface area contributed by atoms with Crippen molar-refractivity contribution in [3.8, 4) is 0 Å². The van der Waals surface area contributed by atoms with E-state index in [0.29, 0.717) is 18.2 Å². The van der Waals surface area contributed by atoms with Gasteiger partial charge in [-0.15, -0.1) is 0 Å². The molecule has 1 atom stereocenters. The maximum atomic E-state index is 13.5. The minimum atomic E-state index is -0.256. The molecule has 1 saturated heterocycles. The van der Waals surface area contributed by atoms with Crippen LogP contribution >= 0.6 is 0 Å². The molecule has 0 radical (unpaired) electrons. The third kappa shape index (κ3) is 4.99. The Morgan fingerprint density at radius 3 is 2.81 bits per heavy atom. The number of guanidine groups is 1. The number of furan rings is 1. The van der Waals surface area contributed by atoms with E-state index in [9.17, 15) is 4.39 Å². The lowest BCUT2D eigenvalue weighted by Crippen LogP contribution is -2.49. The first-order valence-corrected chi connectivity index (χ1v) is 9.60. The Bertz CT molecular complexity index is 784. The van der Waals surface area contributed by atoms with Gasteiger partial charge in [-0.1, -0.05) is 0 Å². The molecule has 0 aliphatic carbocycles. The Kier molecular flexibility index (Phi) is 6.68. The number of benzene rings is 1. The van der Waals surface area contributed by atoms with Gasteiger partial charge < -0.3 is 19.8 Å². The molecule has 7 heteroatoms. The van der Waals surface area contributed by atoms with Crippen molar-refractivity contribution >= 4 is 16.9 Å². The summed E-state index contributed by atoms with van der Waals surface area (Å²) in [5, 5.41) is 7.48. The number of nitrogens with one attached hydrogen (secondary N) is 2. The molecule has 27 heavy (non-hydrogen) atoms. The second kappa shape index (κ2) is 9.19. The van der Waals surface area contributed by atoms with Crippen molar-refractivity contribution in [2.75, 3.05) is 39.4 Å². The van der Waals surface area contributed by atoms with E-state index in [1.54, 1.807) is 6.07 Å². The van der Waals surface area contributed by atoms with Crippen LogP contribution in [0.25, 0.3) is 11.0 Å². The minimum Gasteiger partial charge on any atom is -0.459 e. The highest BCUT2D eigenvalue weighted by Crippen LogP contribution is 2.26. The molecule has 0 bridgehead atoms. The number of hydrogen-bond acceptors (Lipinski definition) is 4. The number of fused-ring (bicyclic) bond motifs is 1. The first kappa shape index (κ1) is 19.6. The van der Waals surface area contributed by atoms with Crippen LogP contribution in [0.5, 0.6) is 0 Å². The largest absolute Gasteiger partial charge is 0.459 e. The van der Waals surface area contributed by atoms with Gasteiger partial charge in [0.1, 0.15) is 23.7 Å². The highest BCUT2D eigenvalue weighted by atomic mass is 19.1. The van der Waals surface area contributed by atoms with Crippen molar-refractivity contribution in [2.45, 2.75) is 33.4 Å². The average Bonchev–Trinajstić information content (AvgIpc) is 3.00. The lowest BCUT2D eigenvalue weighted by molar-refractivity contribution is 0.0211. The molecule has 2 aromatic rings. The summed E-state index contributed by atoms with van der Waals surface area (Å²) < 4.78 is 24.7. The molecule has 0 saturated carbocycles. The standard InChI is InChI=1S/C20H29FN4O2/c1-4-22-20(23-12-14(2)25-7-9-26-10-8-25)24-13-19-15(3)17-11-16(21)5-6-18(17)27-19/h5-6,11,14H,4,7-10,12-13H2,1-3H3,(H2,22,23,24). The smallest absolute Gasteiger partial charge is 0.191 e. The SMILES string of the molecule is CCNC(=NCc1oc2ccc(F)cc2c1C)NCC(C)N1CCOCC1. The maximum absolute atomic E-state index is 13.5. The predicted octanol–water partition coefficient (Wildman–Crippen LogP) is 2.66. The number of halogens is 1. The molecule has 0 amide bonds. The van der Waals surface area contributed by atoms with E-state index in [1.165, 1.54) is 12.1 Å². The number of rotatable bonds is 6. The third-order valence-corrected chi connectivity index (χ3v) is 4.96. The Balaban J connectivity index is 1.64. The molecule has 0 spiro atoms. The molecule has 1 aromatic carbocycles. The zero-order valence-electron chi connectivity index (χ0n) is 16.3. The number of aliphatic imine (C=N–C) groups is 1. The van der Waals surface area contributed by atoms with E-state index in [4.69, 9.17) is 9.15 Å². The van der Waals surface area contributed by atoms with Crippen molar-refractivity contribution in [1.29, 1.82) is 0 Å². The molecule has 1 aromatic heterocycles. The van der Waals surface area contributed by atoms with Gasteiger partial charge in [0.05, 0.1) is 13.2 Å². The van der Waals surface area contributed by atoms with E-state index < -0.39 is 0 Å². The molecular formula is C20H29FN4O2. The van der Waals surface area contributed by atoms with Crippen LogP contribution in [0.3, 0.4) is 0 Å². The van der Waals surface area contributed by atoms with Gasteiger partial charge in [0.25, 0.3) is 0 Å². The summed E-state index contributed by atoms with van der Waals surface area (Å²) in [5.74, 6) is 1.26. The summed E-state index contributed by atoms with van der Waals surface area (Å²) in [6.07, 6.45) is 0. The van der Waals surface area contributed by atoms with E-state index in [1.807, 2.05) is 13.8 Å². The number of nitrogens with zero attached hydrogens (tertiary/aromatic N) is 2. The third-order valence-electron chi connectivity index (χ3n) is 4.96. The lowest BCUT2D eigenvalue weighted by atomic mass is 10.1. The molecule has 148 valence electrons. The van der Waals surface area contributed by atoms with Crippen molar-refractivity contribution in [3.05, 3.63) is 35.3 Å². The summed E-state index contributed by atoms with van der Waals surface area (Å²) in [6.45, 7) is 11.7. The zero-order chi connectivity index (χ0) is 19.2. The fraction of sp³-hybridized carbons (Fsp3) is 0.550. The van der Waals surface area contributed by atoms with Gasteiger partial charge in [0, 0.05) is 43.2 Å². The average molecular weight is 376 g/mol. The Labute approximate surface area is 159 Å². The Morgan fingerprint density at radius 1 is 1.30 bits per heavy atom. The van der Waals surface area contributed by atoms with Gasteiger partial charge in [0.15, 0.2) is 5.96 Å². The summed E-state index contributed by atoms with van der Waals surface area (Å²) in [6, 6.07) is 4.98. The molecular weight excluding hydrogens is 347 g/mol. The topological polar surface area (TPSA) is 62.0 Å². The molecule has 1 aliphatic rings. The molecule has 3 rings (SSSR count). The molecule has 6 nitrogen and oxygen atoms in total. The molecule has 2 heterocycles. The summed E-state index contributed by atoms with van der Waals surface area (Å²) in [5.41, 5.74) is 1.63. The number of hydrogen-bond donors (Lipinski definition) is 2. The molecule has 1 unspecified atom stereocenters. The van der Waals surface area contributed by atoms with Gasteiger partial charge >= 0.3 is 0 Å². The summed E-state index contributed by atoms with van der Waals surface area (Å²) in [7, 11) is 0. The highest BCUT2D eigenvalue weighted by Gasteiger charge is 2.17. The van der Waals surface area contributed by atoms with Gasteiger partial charge in [-0.3, -0.25) is 4.90 Å². The lowest BCUT2D eigenvalue weighted by Gasteiger charge is -2.32. The quantitative estimate of drug-likeness (QED) is 0.600. The Hall–Kier alpha value is -2.12. The number of aryl methyl sites for hydroxylation is 1. The van der Waals surface area contributed by atoms with E-state index in [0.717, 1.165) is 62.1 Å². The highest BCUT2D eigenvalue weighted by molar-refractivity contribution is 5.82. The van der Waals surface area contributed by atoms with Gasteiger partial charge in [-0.05, 0) is 39.0 Å². The summed E-state index contributed by atoms with van der Waals surface area (Å²) >= 11 is 0. The van der Waals surface area contributed by atoms with Crippen LogP contribution in [0.2, 0.25) is 0 Å². The van der Waals surface area contributed by atoms with Crippen molar-refractivity contribution in [1.82, 2.24) is 15.5 Å². The van der Waals surface area contributed by atoms with E-state index in [2.05, 4.69) is 27.4 Å². The first-order chi connectivity index (χ1) is 13.1. The van der Waals surface area contributed by atoms with Crippen molar-refractivity contribution in [3.63, 3.8) is 0 Å². The van der Waals surface area contributed by atoms with Crippen LogP contribution < -0.4 is 10.6 Å². The van der Waals surface area contributed by atoms with Gasteiger partial charge in [-0.2, -0.15) is 0 Å². The second-order valence-corrected chi connectivity index (χ2v) is 6.86. The van der Waals surface area contributed by atoms with Crippen LogP contribution in [0.4, 0.5) is 4.39 Å². The van der Waals surface area contributed by atoms with Crippen LogP contribution in [0.15, 0.2) is 27.6 Å². The van der Waals surface area contributed by atoms with Crippen molar-refractivity contribution in [2.24, 2.45) is 4.99 Å². The molecule has 1 aliphatic heterocycles. The van der Waals surface area contributed by atoms with Crippen molar-refractivity contribution < 1.29 is 13.5 Å². The molecule has 2 N–H and O–H groups in total. The second-order valence-electron chi connectivity index (χ2n) is 6.86. The molecule has 1 fully saturated rings. The number of ether oxygens (including phenoxy) is 1. The predicted molar refractivity (Wildman–Crippen MR) is 106 cm³/mol. The number of morpholine rings is 1. The zero-order valence-corrected chi connectivity index (χ0v) is 16.3. The van der Waals surface area contributed by atoms with E-state index >= 15 is 0 Å². The van der Waals surface area contributed by atoms with Gasteiger partial charge in [0.2, 0.25) is 0 Å². The van der Waals surface area contributed by atoms with Gasteiger partial charge in [-0.25, -0.2) is 9.38 Å². The fourth-order valence-electron chi connectivity index (χ4n) is 3.28. The monoisotopic (exact) mass is 376 g/mol. The van der Waals surface area contributed by atoms with Crippen LogP contribution in [-0.2, 0) is 11.3 Å². The first-order valence-electron chi connectivity index (χ1n) is 9.60. The normalized spacial score (nSPS) is 17.3. The Morgan fingerprint density at radius 2 is 2.07 bits per heavy atom.